The number of imidazole rings is 1. The van der Waals surface area contributed by atoms with Gasteiger partial charge in [-0.3, -0.25) is 14.0 Å². The Bertz CT molecular complexity index is 1060. The molecule has 28 heavy (non-hydrogen) atoms. The number of carbonyl (C=O) groups is 2. The van der Waals surface area contributed by atoms with Crippen LogP contribution >= 0.6 is 0 Å². The number of pyridine rings is 1. The van der Waals surface area contributed by atoms with Gasteiger partial charge in [0.15, 0.2) is 0 Å². The highest BCUT2D eigenvalue weighted by Crippen LogP contribution is 2.30. The zero-order valence-corrected chi connectivity index (χ0v) is 15.9. The zero-order chi connectivity index (χ0) is 19.7. The van der Waals surface area contributed by atoms with Gasteiger partial charge in [0, 0.05) is 31.2 Å². The molecule has 1 N–H and O–H groups in total. The molecule has 7 heteroatoms. The molecule has 0 unspecified atom stereocenters. The highest BCUT2D eigenvalue weighted by atomic mass is 16.5. The van der Waals surface area contributed by atoms with Crippen LogP contribution < -0.4 is 10.2 Å². The lowest BCUT2D eigenvalue weighted by molar-refractivity contribution is -0.122. The number of hydrogen-bond donors (Lipinski definition) is 1. The van der Waals surface area contributed by atoms with Gasteiger partial charge in [0.25, 0.3) is 11.8 Å². The van der Waals surface area contributed by atoms with Crippen LogP contribution in [0.25, 0.3) is 5.65 Å². The number of nitrogens with one attached hydrogen (secondary N) is 1. The molecular weight excluding hydrogens is 356 g/mol. The smallest absolute Gasteiger partial charge is 0.274 e. The van der Waals surface area contributed by atoms with Crippen molar-refractivity contribution < 1.29 is 14.3 Å². The van der Waals surface area contributed by atoms with Gasteiger partial charge in [-0.1, -0.05) is 12.1 Å². The summed E-state index contributed by atoms with van der Waals surface area (Å²) in [5.41, 5.74) is 4.47. The van der Waals surface area contributed by atoms with E-state index in [2.05, 4.69) is 10.3 Å². The topological polar surface area (TPSA) is 75.9 Å². The van der Waals surface area contributed by atoms with E-state index in [1.807, 2.05) is 49.5 Å². The minimum Gasteiger partial charge on any atom is -0.375 e. The minimum atomic E-state index is -0.235. The van der Waals surface area contributed by atoms with Gasteiger partial charge < -0.3 is 15.0 Å². The number of nitrogens with zero attached hydrogens (tertiary/aromatic N) is 3. The van der Waals surface area contributed by atoms with Crippen molar-refractivity contribution >= 4 is 28.8 Å². The Kier molecular flexibility index (Phi) is 4.83. The Labute approximate surface area is 162 Å². The van der Waals surface area contributed by atoms with Gasteiger partial charge in [0.2, 0.25) is 0 Å². The van der Waals surface area contributed by atoms with Gasteiger partial charge in [0.05, 0.1) is 5.69 Å². The third-order valence-electron chi connectivity index (χ3n) is 4.95. The number of aryl methyl sites for hydroxylation is 2. The summed E-state index contributed by atoms with van der Waals surface area (Å²) in [4.78, 5) is 31.5. The number of methoxy groups -OCH3 is 1. The van der Waals surface area contributed by atoms with Crippen LogP contribution in [0.2, 0.25) is 0 Å². The Hall–Kier alpha value is -3.19. The molecule has 0 fully saturated rings. The molecule has 144 valence electrons. The first-order valence-electron chi connectivity index (χ1n) is 9.26. The third kappa shape index (κ3) is 3.25. The number of aromatic nitrogens is 2. The van der Waals surface area contributed by atoms with E-state index in [0.29, 0.717) is 23.6 Å². The molecule has 1 aliphatic rings. The van der Waals surface area contributed by atoms with Crippen LogP contribution in [-0.2, 0) is 16.0 Å². The number of anilines is 2. The molecule has 0 aliphatic carbocycles. The summed E-state index contributed by atoms with van der Waals surface area (Å²) in [5.74, 6) is -0.314. The SMILES string of the molecule is COCC(=O)N1CCCc2ccc(NC(=O)c3c(C)nc4ccccn34)cc21. The molecule has 2 aromatic heterocycles. The minimum absolute atomic E-state index is 0.0387. The highest BCUT2D eigenvalue weighted by Gasteiger charge is 2.23. The van der Waals surface area contributed by atoms with Crippen LogP contribution in [0, 0.1) is 6.92 Å². The normalized spacial score (nSPS) is 13.4. The van der Waals surface area contributed by atoms with E-state index < -0.39 is 0 Å². The molecule has 1 aromatic carbocycles. The molecule has 2 amide bonds. The first-order valence-corrected chi connectivity index (χ1v) is 9.26. The number of hydrogen-bond acceptors (Lipinski definition) is 4. The fourth-order valence-corrected chi connectivity index (χ4v) is 3.69. The lowest BCUT2D eigenvalue weighted by Crippen LogP contribution is -2.37. The summed E-state index contributed by atoms with van der Waals surface area (Å²) < 4.78 is 6.77. The Balaban J connectivity index is 1.64. The average molecular weight is 378 g/mol. The van der Waals surface area contributed by atoms with Crippen LogP contribution in [-0.4, -0.2) is 41.5 Å². The predicted octanol–water partition coefficient (Wildman–Crippen LogP) is 2.82. The van der Waals surface area contributed by atoms with E-state index in [1.165, 1.54) is 7.11 Å². The maximum Gasteiger partial charge on any atom is 0.274 e. The molecule has 4 rings (SSSR count). The first-order chi connectivity index (χ1) is 13.6. The lowest BCUT2D eigenvalue weighted by atomic mass is 10.0. The number of ether oxygens (including phenoxy) is 1. The monoisotopic (exact) mass is 378 g/mol. The summed E-state index contributed by atoms with van der Waals surface area (Å²) in [5, 5.41) is 2.95. The molecule has 0 atom stereocenters. The fourth-order valence-electron chi connectivity index (χ4n) is 3.69. The number of benzene rings is 1. The second-order valence-electron chi connectivity index (χ2n) is 6.85. The van der Waals surface area contributed by atoms with E-state index in [4.69, 9.17) is 4.74 Å². The Morgan fingerprint density at radius 3 is 2.93 bits per heavy atom. The molecule has 3 aromatic rings. The van der Waals surface area contributed by atoms with Crippen LogP contribution in [0.3, 0.4) is 0 Å². The van der Waals surface area contributed by atoms with Crippen molar-refractivity contribution in [3.63, 3.8) is 0 Å². The van der Waals surface area contributed by atoms with E-state index in [-0.39, 0.29) is 18.4 Å². The molecule has 0 bridgehead atoms. The summed E-state index contributed by atoms with van der Waals surface area (Å²) >= 11 is 0. The fraction of sp³-hybridized carbons (Fsp3) is 0.286. The van der Waals surface area contributed by atoms with E-state index >= 15 is 0 Å². The first kappa shape index (κ1) is 18.2. The van der Waals surface area contributed by atoms with E-state index in [0.717, 1.165) is 29.7 Å². The van der Waals surface area contributed by atoms with Gasteiger partial charge in [-0.25, -0.2) is 4.98 Å². The molecule has 0 saturated carbocycles. The van der Waals surface area contributed by atoms with Gasteiger partial charge in [-0.2, -0.15) is 0 Å². The molecule has 0 spiro atoms. The van der Waals surface area contributed by atoms with Crippen LogP contribution in [0.4, 0.5) is 11.4 Å². The molecule has 0 saturated heterocycles. The van der Waals surface area contributed by atoms with Crippen molar-refractivity contribution in [1.29, 1.82) is 0 Å². The van der Waals surface area contributed by atoms with Crippen molar-refractivity contribution in [2.45, 2.75) is 19.8 Å². The highest BCUT2D eigenvalue weighted by molar-refractivity contribution is 6.05. The summed E-state index contributed by atoms with van der Waals surface area (Å²) in [6, 6.07) is 11.3. The van der Waals surface area contributed by atoms with Crippen molar-refractivity contribution in [3.05, 3.63) is 59.5 Å². The summed E-state index contributed by atoms with van der Waals surface area (Å²) in [6.07, 6.45) is 3.64. The van der Waals surface area contributed by atoms with Crippen LogP contribution in [0.5, 0.6) is 0 Å². The average Bonchev–Trinajstić information content (AvgIpc) is 3.03. The van der Waals surface area contributed by atoms with Crippen molar-refractivity contribution in [1.82, 2.24) is 9.38 Å². The second kappa shape index (κ2) is 7.44. The maximum absolute atomic E-state index is 12.9. The molecular formula is C21H22N4O3. The van der Waals surface area contributed by atoms with Gasteiger partial charge in [-0.15, -0.1) is 0 Å². The van der Waals surface area contributed by atoms with E-state index in [1.54, 1.807) is 9.30 Å². The van der Waals surface area contributed by atoms with Gasteiger partial charge in [-0.05, 0) is 49.6 Å². The van der Waals surface area contributed by atoms with Crippen LogP contribution in [0.15, 0.2) is 42.6 Å². The second-order valence-corrected chi connectivity index (χ2v) is 6.85. The molecule has 3 heterocycles. The number of carbonyl (C=O) groups excluding carboxylic acids is 2. The predicted molar refractivity (Wildman–Crippen MR) is 107 cm³/mol. The Morgan fingerprint density at radius 1 is 1.25 bits per heavy atom. The zero-order valence-electron chi connectivity index (χ0n) is 15.9. The largest absolute Gasteiger partial charge is 0.375 e. The van der Waals surface area contributed by atoms with Gasteiger partial charge in [0.1, 0.15) is 17.9 Å². The maximum atomic E-state index is 12.9. The van der Waals surface area contributed by atoms with Crippen LogP contribution in [0.1, 0.15) is 28.2 Å². The summed E-state index contributed by atoms with van der Waals surface area (Å²) in [7, 11) is 1.51. The molecule has 7 nitrogen and oxygen atoms in total. The quantitative estimate of drug-likeness (QED) is 0.757. The standard InChI is InChI=1S/C21H22N4O3/c1-14-20(25-10-4-3-7-18(25)22-14)21(27)23-16-9-8-15-6-5-11-24(17(15)12-16)19(26)13-28-2/h3-4,7-10,12H,5-6,11,13H2,1-2H3,(H,23,27). The van der Waals surface area contributed by atoms with Crippen molar-refractivity contribution in [2.75, 3.05) is 30.5 Å². The lowest BCUT2D eigenvalue weighted by Gasteiger charge is -2.29. The number of amides is 2. The molecule has 0 radical (unpaired) electrons. The van der Waals surface area contributed by atoms with Crippen molar-refractivity contribution in [2.24, 2.45) is 0 Å². The molecule has 1 aliphatic heterocycles. The number of fused-ring (bicyclic) bond motifs is 2. The van der Waals surface area contributed by atoms with Gasteiger partial charge >= 0.3 is 0 Å². The van der Waals surface area contributed by atoms with E-state index in [9.17, 15) is 9.59 Å². The number of rotatable bonds is 4. The van der Waals surface area contributed by atoms with Crippen molar-refractivity contribution in [3.8, 4) is 0 Å². The summed E-state index contributed by atoms with van der Waals surface area (Å²) in [6.45, 7) is 2.51. The Morgan fingerprint density at radius 2 is 2.11 bits per heavy atom. The third-order valence-corrected chi connectivity index (χ3v) is 4.95.